The Bertz CT molecular complexity index is 937. The molecule has 0 aliphatic carbocycles. The average molecular weight is 326 g/mol. The SMILES string of the molecule is CCOC(=O)c1cc2ncnc(N3CCc4cc(F)ccc43)c2[nH]1. The molecule has 1 N–H and O–H groups in total. The number of halogens is 1. The quantitative estimate of drug-likeness (QED) is 0.749. The van der Waals surface area contributed by atoms with Crippen LogP contribution in [0.4, 0.5) is 15.9 Å². The number of carbonyl (C=O) groups excluding carboxylic acids is 1. The fourth-order valence-corrected chi connectivity index (χ4v) is 3.04. The molecule has 7 heteroatoms. The van der Waals surface area contributed by atoms with E-state index in [-0.39, 0.29) is 5.82 Å². The first-order valence-electron chi connectivity index (χ1n) is 7.74. The predicted octanol–water partition coefficient (Wildman–Crippen LogP) is 2.97. The summed E-state index contributed by atoms with van der Waals surface area (Å²) in [6.45, 7) is 2.75. The van der Waals surface area contributed by atoms with Crippen molar-refractivity contribution in [2.75, 3.05) is 18.1 Å². The molecule has 24 heavy (non-hydrogen) atoms. The number of hydrogen-bond acceptors (Lipinski definition) is 5. The van der Waals surface area contributed by atoms with E-state index in [1.807, 2.05) is 4.90 Å². The molecule has 122 valence electrons. The van der Waals surface area contributed by atoms with Gasteiger partial charge in [0, 0.05) is 12.2 Å². The highest BCUT2D eigenvalue weighted by atomic mass is 19.1. The van der Waals surface area contributed by atoms with Gasteiger partial charge in [0.1, 0.15) is 23.4 Å². The Balaban J connectivity index is 1.80. The Morgan fingerprint density at radius 3 is 3.08 bits per heavy atom. The molecule has 0 bridgehead atoms. The summed E-state index contributed by atoms with van der Waals surface area (Å²) in [5.74, 6) is -0.000782. The van der Waals surface area contributed by atoms with E-state index < -0.39 is 5.97 Å². The number of esters is 1. The minimum absolute atomic E-state index is 0.243. The maximum Gasteiger partial charge on any atom is 0.354 e. The standard InChI is InChI=1S/C17H15FN4O2/c1-2-24-17(23)13-8-12-15(21-13)16(20-9-19-12)22-6-5-10-7-11(18)3-4-14(10)22/h3-4,7-9,21H,2,5-6H2,1H3. The molecule has 6 nitrogen and oxygen atoms in total. The van der Waals surface area contributed by atoms with Crippen LogP contribution < -0.4 is 4.90 Å². The van der Waals surface area contributed by atoms with E-state index in [2.05, 4.69) is 15.0 Å². The number of nitrogens with zero attached hydrogens (tertiary/aromatic N) is 3. The van der Waals surface area contributed by atoms with E-state index in [1.54, 1.807) is 25.1 Å². The molecule has 1 aromatic carbocycles. The lowest BCUT2D eigenvalue weighted by atomic mass is 10.2. The molecule has 0 atom stereocenters. The van der Waals surface area contributed by atoms with Crippen molar-refractivity contribution in [1.82, 2.24) is 15.0 Å². The minimum Gasteiger partial charge on any atom is -0.461 e. The number of hydrogen-bond donors (Lipinski definition) is 1. The van der Waals surface area contributed by atoms with E-state index in [4.69, 9.17) is 4.74 Å². The number of aromatic nitrogens is 3. The Labute approximate surface area is 137 Å². The molecule has 3 heterocycles. The van der Waals surface area contributed by atoms with Crippen LogP contribution >= 0.6 is 0 Å². The third kappa shape index (κ3) is 2.29. The van der Waals surface area contributed by atoms with Gasteiger partial charge in [0.2, 0.25) is 0 Å². The molecule has 1 aliphatic heterocycles. The zero-order chi connectivity index (χ0) is 16.7. The molecule has 0 saturated carbocycles. The summed E-state index contributed by atoms with van der Waals surface area (Å²) in [5, 5.41) is 0. The van der Waals surface area contributed by atoms with Crippen LogP contribution in [0.3, 0.4) is 0 Å². The van der Waals surface area contributed by atoms with E-state index in [0.717, 1.165) is 17.7 Å². The van der Waals surface area contributed by atoms with Crippen LogP contribution in [-0.2, 0) is 11.2 Å². The van der Waals surface area contributed by atoms with Gasteiger partial charge in [-0.05, 0) is 43.2 Å². The number of rotatable bonds is 3. The normalized spacial score (nSPS) is 13.3. The van der Waals surface area contributed by atoms with Crippen LogP contribution in [0, 0.1) is 5.82 Å². The van der Waals surface area contributed by atoms with Crippen molar-refractivity contribution in [2.45, 2.75) is 13.3 Å². The second-order valence-corrected chi connectivity index (χ2v) is 5.54. The maximum absolute atomic E-state index is 13.4. The van der Waals surface area contributed by atoms with Gasteiger partial charge in [0.15, 0.2) is 5.82 Å². The molecule has 0 radical (unpaired) electrons. The second-order valence-electron chi connectivity index (χ2n) is 5.54. The lowest BCUT2D eigenvalue weighted by Crippen LogP contribution is -2.15. The van der Waals surface area contributed by atoms with Crippen molar-refractivity contribution in [3.05, 3.63) is 47.7 Å². The molecule has 0 spiro atoms. The summed E-state index contributed by atoms with van der Waals surface area (Å²) in [6, 6.07) is 6.39. The zero-order valence-corrected chi connectivity index (χ0v) is 13.0. The third-order valence-corrected chi connectivity index (χ3v) is 4.09. The summed E-state index contributed by atoms with van der Waals surface area (Å²) >= 11 is 0. The van der Waals surface area contributed by atoms with Gasteiger partial charge >= 0.3 is 5.97 Å². The Morgan fingerprint density at radius 1 is 1.38 bits per heavy atom. The van der Waals surface area contributed by atoms with Crippen molar-refractivity contribution in [3.8, 4) is 0 Å². The lowest BCUT2D eigenvalue weighted by Gasteiger charge is -2.18. The molecular weight excluding hydrogens is 311 g/mol. The molecule has 2 aromatic heterocycles. The van der Waals surface area contributed by atoms with Gasteiger partial charge in [-0.3, -0.25) is 0 Å². The average Bonchev–Trinajstić information content (AvgIpc) is 3.18. The number of nitrogens with one attached hydrogen (secondary N) is 1. The highest BCUT2D eigenvalue weighted by Crippen LogP contribution is 2.36. The largest absolute Gasteiger partial charge is 0.461 e. The van der Waals surface area contributed by atoms with Crippen molar-refractivity contribution < 1.29 is 13.9 Å². The number of anilines is 2. The van der Waals surface area contributed by atoms with Crippen molar-refractivity contribution in [2.24, 2.45) is 0 Å². The molecule has 3 aromatic rings. The molecule has 1 aliphatic rings. The molecule has 0 fully saturated rings. The van der Waals surface area contributed by atoms with Gasteiger partial charge in [-0.15, -0.1) is 0 Å². The van der Waals surface area contributed by atoms with Gasteiger partial charge in [-0.2, -0.15) is 0 Å². The van der Waals surface area contributed by atoms with Gasteiger partial charge in [-0.25, -0.2) is 19.2 Å². The van der Waals surface area contributed by atoms with E-state index in [0.29, 0.717) is 35.7 Å². The summed E-state index contributed by atoms with van der Waals surface area (Å²) in [5.41, 5.74) is 3.51. The van der Waals surface area contributed by atoms with Crippen LogP contribution in [0.25, 0.3) is 11.0 Å². The van der Waals surface area contributed by atoms with Gasteiger partial charge in [0.25, 0.3) is 0 Å². The summed E-state index contributed by atoms with van der Waals surface area (Å²) in [6.07, 6.45) is 2.20. The highest BCUT2D eigenvalue weighted by molar-refractivity contribution is 5.97. The van der Waals surface area contributed by atoms with Crippen LogP contribution in [0.1, 0.15) is 23.0 Å². The lowest BCUT2D eigenvalue weighted by molar-refractivity contribution is 0.0520. The number of aromatic amines is 1. The number of benzene rings is 1. The molecule has 4 rings (SSSR count). The number of ether oxygens (including phenoxy) is 1. The third-order valence-electron chi connectivity index (χ3n) is 4.09. The fourth-order valence-electron chi connectivity index (χ4n) is 3.04. The topological polar surface area (TPSA) is 71.1 Å². The predicted molar refractivity (Wildman–Crippen MR) is 87.0 cm³/mol. The smallest absolute Gasteiger partial charge is 0.354 e. The van der Waals surface area contributed by atoms with Crippen molar-refractivity contribution in [3.63, 3.8) is 0 Å². The van der Waals surface area contributed by atoms with E-state index in [9.17, 15) is 9.18 Å². The van der Waals surface area contributed by atoms with E-state index >= 15 is 0 Å². The van der Waals surface area contributed by atoms with Crippen LogP contribution in [-0.4, -0.2) is 34.1 Å². The number of fused-ring (bicyclic) bond motifs is 2. The maximum atomic E-state index is 13.4. The zero-order valence-electron chi connectivity index (χ0n) is 13.0. The minimum atomic E-state index is -0.426. The Hall–Kier alpha value is -2.96. The van der Waals surface area contributed by atoms with Crippen molar-refractivity contribution >= 4 is 28.5 Å². The first-order valence-corrected chi connectivity index (χ1v) is 7.74. The van der Waals surface area contributed by atoms with Gasteiger partial charge in [-0.1, -0.05) is 0 Å². The second kappa shape index (κ2) is 5.59. The Morgan fingerprint density at radius 2 is 2.25 bits per heavy atom. The monoisotopic (exact) mass is 326 g/mol. The summed E-state index contributed by atoms with van der Waals surface area (Å²) in [7, 11) is 0. The molecule has 0 unspecified atom stereocenters. The number of H-pyrrole nitrogens is 1. The van der Waals surface area contributed by atoms with Crippen LogP contribution in [0.2, 0.25) is 0 Å². The molecule has 0 amide bonds. The van der Waals surface area contributed by atoms with Gasteiger partial charge < -0.3 is 14.6 Å². The number of carbonyl (C=O) groups is 1. The van der Waals surface area contributed by atoms with E-state index in [1.165, 1.54) is 12.4 Å². The first kappa shape index (κ1) is 14.6. The fraction of sp³-hybridized carbons (Fsp3) is 0.235. The summed E-state index contributed by atoms with van der Waals surface area (Å²) < 4.78 is 18.4. The Kier molecular flexibility index (Phi) is 3.41. The van der Waals surface area contributed by atoms with Crippen LogP contribution in [0.15, 0.2) is 30.6 Å². The van der Waals surface area contributed by atoms with Crippen molar-refractivity contribution in [1.29, 1.82) is 0 Å². The molecule has 0 saturated heterocycles. The highest BCUT2D eigenvalue weighted by Gasteiger charge is 2.25. The first-order chi connectivity index (χ1) is 11.7. The van der Waals surface area contributed by atoms with Gasteiger partial charge in [0.05, 0.1) is 12.1 Å². The molecular formula is C17H15FN4O2. The van der Waals surface area contributed by atoms with Crippen LogP contribution in [0.5, 0.6) is 0 Å². The summed E-state index contributed by atoms with van der Waals surface area (Å²) in [4.78, 5) is 25.6.